The fraction of sp³-hybridized carbons (Fsp3) is 1.00. The zero-order valence-corrected chi connectivity index (χ0v) is 14.4. The zero-order chi connectivity index (χ0) is 15.3. The molecule has 0 unspecified atom stereocenters. The summed E-state index contributed by atoms with van der Waals surface area (Å²) in [5, 5.41) is 3.48. The standard InChI is InChI=1S/C16H31NO3S/c1-3-14-5-4-6-15(11-14)12-17-13-16(21(2,18)19)7-9-20-10-8-16/h14-15,17H,3-13H2,1-2H3/t14-,15-/m1/s1. The highest BCUT2D eigenvalue weighted by Crippen LogP contribution is 2.31. The van der Waals surface area contributed by atoms with Gasteiger partial charge in [-0.15, -0.1) is 0 Å². The highest BCUT2D eigenvalue weighted by Gasteiger charge is 2.42. The first-order chi connectivity index (χ1) is 9.97. The Morgan fingerprint density at radius 2 is 1.86 bits per heavy atom. The Morgan fingerprint density at radius 3 is 2.48 bits per heavy atom. The van der Waals surface area contributed by atoms with Crippen molar-refractivity contribution in [2.75, 3.05) is 32.6 Å². The van der Waals surface area contributed by atoms with E-state index in [1.807, 2.05) is 0 Å². The number of rotatable bonds is 6. The Morgan fingerprint density at radius 1 is 1.19 bits per heavy atom. The van der Waals surface area contributed by atoms with E-state index >= 15 is 0 Å². The second kappa shape index (κ2) is 7.42. The van der Waals surface area contributed by atoms with Crippen LogP contribution in [0.3, 0.4) is 0 Å². The van der Waals surface area contributed by atoms with Crippen molar-refractivity contribution in [1.29, 1.82) is 0 Å². The van der Waals surface area contributed by atoms with Crippen LogP contribution in [0.15, 0.2) is 0 Å². The minimum Gasteiger partial charge on any atom is -0.381 e. The van der Waals surface area contributed by atoms with Crippen LogP contribution in [-0.2, 0) is 14.6 Å². The highest BCUT2D eigenvalue weighted by atomic mass is 32.2. The Bertz CT molecular complexity index is 415. The van der Waals surface area contributed by atoms with Gasteiger partial charge < -0.3 is 10.1 Å². The van der Waals surface area contributed by atoms with E-state index in [9.17, 15) is 8.42 Å². The first-order valence-electron chi connectivity index (χ1n) is 8.45. The van der Waals surface area contributed by atoms with E-state index in [2.05, 4.69) is 12.2 Å². The van der Waals surface area contributed by atoms with E-state index in [4.69, 9.17) is 4.74 Å². The molecule has 1 aliphatic carbocycles. The van der Waals surface area contributed by atoms with Crippen molar-refractivity contribution in [2.24, 2.45) is 11.8 Å². The molecule has 2 rings (SSSR count). The van der Waals surface area contributed by atoms with Gasteiger partial charge in [-0.25, -0.2) is 8.42 Å². The van der Waals surface area contributed by atoms with Crippen molar-refractivity contribution >= 4 is 9.84 Å². The van der Waals surface area contributed by atoms with Crippen LogP contribution >= 0.6 is 0 Å². The van der Waals surface area contributed by atoms with Gasteiger partial charge in [-0.3, -0.25) is 0 Å². The molecule has 1 aliphatic heterocycles. The van der Waals surface area contributed by atoms with E-state index in [1.165, 1.54) is 38.4 Å². The molecular formula is C16H31NO3S. The predicted molar refractivity (Wildman–Crippen MR) is 86.2 cm³/mol. The largest absolute Gasteiger partial charge is 0.381 e. The number of hydrogen-bond donors (Lipinski definition) is 1. The molecule has 2 aliphatic rings. The van der Waals surface area contributed by atoms with Crippen molar-refractivity contribution in [3.8, 4) is 0 Å². The average Bonchev–Trinajstić information content (AvgIpc) is 2.47. The van der Waals surface area contributed by atoms with E-state index in [0.29, 0.717) is 32.6 Å². The molecule has 0 bridgehead atoms. The second-order valence-corrected chi connectivity index (χ2v) is 9.42. The van der Waals surface area contributed by atoms with Gasteiger partial charge in [-0.05, 0) is 44.1 Å². The first kappa shape index (κ1) is 17.2. The summed E-state index contributed by atoms with van der Waals surface area (Å²) >= 11 is 0. The summed E-state index contributed by atoms with van der Waals surface area (Å²) in [7, 11) is -3.05. The van der Waals surface area contributed by atoms with Gasteiger partial charge in [0.15, 0.2) is 9.84 Å². The van der Waals surface area contributed by atoms with Crippen LogP contribution < -0.4 is 5.32 Å². The molecule has 2 fully saturated rings. The summed E-state index contributed by atoms with van der Waals surface area (Å²) in [4.78, 5) is 0. The maximum atomic E-state index is 12.2. The normalized spacial score (nSPS) is 30.2. The number of ether oxygens (including phenoxy) is 1. The lowest BCUT2D eigenvalue weighted by Gasteiger charge is -2.36. The van der Waals surface area contributed by atoms with Crippen LogP contribution in [0.25, 0.3) is 0 Å². The van der Waals surface area contributed by atoms with Gasteiger partial charge in [0, 0.05) is 26.0 Å². The monoisotopic (exact) mass is 317 g/mol. The smallest absolute Gasteiger partial charge is 0.154 e. The average molecular weight is 317 g/mol. The summed E-state index contributed by atoms with van der Waals surface area (Å²) in [5.74, 6) is 1.60. The fourth-order valence-corrected chi connectivity index (χ4v) is 5.16. The molecule has 1 heterocycles. The molecule has 4 nitrogen and oxygen atoms in total. The summed E-state index contributed by atoms with van der Waals surface area (Å²) in [6.45, 7) is 4.96. The predicted octanol–water partition coefficient (Wildman–Crippen LogP) is 2.39. The van der Waals surface area contributed by atoms with Gasteiger partial charge in [0.2, 0.25) is 0 Å². The molecule has 2 atom stereocenters. The third-order valence-corrected chi connectivity index (χ3v) is 7.67. The highest BCUT2D eigenvalue weighted by molar-refractivity contribution is 7.92. The van der Waals surface area contributed by atoms with E-state index < -0.39 is 14.6 Å². The van der Waals surface area contributed by atoms with Crippen LogP contribution in [0, 0.1) is 11.8 Å². The lowest BCUT2D eigenvalue weighted by atomic mass is 9.80. The van der Waals surface area contributed by atoms with E-state index in [1.54, 1.807) is 0 Å². The van der Waals surface area contributed by atoms with Gasteiger partial charge >= 0.3 is 0 Å². The SMILES string of the molecule is CC[C@@H]1CCC[C@@H](CNCC2(S(C)(=O)=O)CCOCC2)C1. The van der Waals surface area contributed by atoms with Crippen molar-refractivity contribution in [2.45, 2.75) is 56.6 Å². The molecule has 5 heteroatoms. The van der Waals surface area contributed by atoms with Gasteiger partial charge in [-0.2, -0.15) is 0 Å². The van der Waals surface area contributed by atoms with Crippen LogP contribution in [0.5, 0.6) is 0 Å². The van der Waals surface area contributed by atoms with Crippen LogP contribution in [0.4, 0.5) is 0 Å². The van der Waals surface area contributed by atoms with Gasteiger partial charge in [-0.1, -0.05) is 26.2 Å². The summed E-state index contributed by atoms with van der Waals surface area (Å²) in [6, 6.07) is 0. The molecule has 1 saturated heterocycles. The Labute approximate surface area is 129 Å². The minimum atomic E-state index is -3.05. The Kier molecular flexibility index (Phi) is 6.09. The number of hydrogen-bond acceptors (Lipinski definition) is 4. The number of sulfone groups is 1. The van der Waals surface area contributed by atoms with E-state index in [0.717, 1.165) is 18.4 Å². The van der Waals surface area contributed by atoms with Crippen molar-refractivity contribution in [3.05, 3.63) is 0 Å². The van der Waals surface area contributed by atoms with Crippen LogP contribution in [-0.4, -0.2) is 45.7 Å². The lowest BCUT2D eigenvalue weighted by Crippen LogP contribution is -2.51. The summed E-state index contributed by atoms with van der Waals surface area (Å²) in [6.07, 6.45) is 9.21. The third kappa shape index (κ3) is 4.42. The molecule has 0 radical (unpaired) electrons. The fourth-order valence-electron chi connectivity index (χ4n) is 3.88. The molecular weight excluding hydrogens is 286 g/mol. The zero-order valence-electron chi connectivity index (χ0n) is 13.6. The molecule has 0 aromatic carbocycles. The second-order valence-electron chi connectivity index (χ2n) is 7.01. The van der Waals surface area contributed by atoms with Gasteiger partial charge in [0.25, 0.3) is 0 Å². The van der Waals surface area contributed by atoms with Crippen molar-refractivity contribution in [3.63, 3.8) is 0 Å². The molecule has 1 N–H and O–H groups in total. The summed E-state index contributed by atoms with van der Waals surface area (Å²) in [5.41, 5.74) is 0. The topological polar surface area (TPSA) is 55.4 Å². The summed E-state index contributed by atoms with van der Waals surface area (Å²) < 4.78 is 29.1. The third-order valence-electron chi connectivity index (χ3n) is 5.54. The van der Waals surface area contributed by atoms with Gasteiger partial charge in [0.05, 0.1) is 4.75 Å². The maximum Gasteiger partial charge on any atom is 0.154 e. The van der Waals surface area contributed by atoms with E-state index in [-0.39, 0.29) is 0 Å². The van der Waals surface area contributed by atoms with Crippen LogP contribution in [0.2, 0.25) is 0 Å². The molecule has 1 saturated carbocycles. The van der Waals surface area contributed by atoms with Crippen LogP contribution in [0.1, 0.15) is 51.9 Å². The molecule has 0 amide bonds. The molecule has 0 aromatic heterocycles. The quantitative estimate of drug-likeness (QED) is 0.817. The Balaban J connectivity index is 1.85. The minimum absolute atomic E-state index is 0.566. The Hall–Kier alpha value is -0.130. The molecule has 0 spiro atoms. The van der Waals surface area contributed by atoms with Crippen molar-refractivity contribution in [1.82, 2.24) is 5.32 Å². The maximum absolute atomic E-state index is 12.2. The molecule has 0 aromatic rings. The molecule has 124 valence electrons. The van der Waals surface area contributed by atoms with Crippen molar-refractivity contribution < 1.29 is 13.2 Å². The van der Waals surface area contributed by atoms with Gasteiger partial charge in [0.1, 0.15) is 0 Å². The first-order valence-corrected chi connectivity index (χ1v) is 10.3. The molecule has 21 heavy (non-hydrogen) atoms. The number of nitrogens with one attached hydrogen (secondary N) is 1. The lowest BCUT2D eigenvalue weighted by molar-refractivity contribution is 0.0740.